The summed E-state index contributed by atoms with van der Waals surface area (Å²) in [6.45, 7) is 0. The number of fused-ring (bicyclic) bond motifs is 1. The van der Waals surface area contributed by atoms with Crippen LogP contribution in [0.25, 0.3) is 10.9 Å². The van der Waals surface area contributed by atoms with E-state index in [1.807, 2.05) is 6.07 Å². The van der Waals surface area contributed by atoms with Gasteiger partial charge < -0.3 is 10.4 Å². The molecule has 0 aliphatic carbocycles. The number of nitrogens with zero attached hydrogens (tertiary/aromatic N) is 2. The summed E-state index contributed by atoms with van der Waals surface area (Å²) in [6.07, 6.45) is 0. The molecule has 6 nitrogen and oxygen atoms in total. The van der Waals surface area contributed by atoms with Crippen LogP contribution in [0.3, 0.4) is 0 Å². The molecule has 102 valence electrons. The third kappa shape index (κ3) is 2.40. The number of para-hydroxylation sites is 1. The lowest BCUT2D eigenvalue weighted by Gasteiger charge is -2.08. The largest absolute Gasteiger partial charge is 0.506 e. The van der Waals surface area contributed by atoms with Crippen molar-refractivity contribution >= 4 is 22.5 Å². The van der Waals surface area contributed by atoms with Crippen LogP contribution >= 0.6 is 0 Å². The molecule has 3 rings (SSSR count). The van der Waals surface area contributed by atoms with E-state index in [9.17, 15) is 9.90 Å². The monoisotopic (exact) mass is 278 g/mol. The first-order valence-electron chi connectivity index (χ1n) is 6.16. The number of phenolic OH excluding ortho intramolecular Hbond substituents is 1. The Balaban J connectivity index is 2.03. The third-order valence-corrected chi connectivity index (χ3v) is 2.99. The molecule has 6 heteroatoms. The number of benzene rings is 2. The second-order valence-electron chi connectivity index (χ2n) is 4.40. The number of aromatic amines is 1. The number of aromatic nitrogens is 2. The second kappa shape index (κ2) is 4.98. The van der Waals surface area contributed by atoms with E-state index >= 15 is 0 Å². The first-order chi connectivity index (χ1) is 10.2. The predicted octanol–water partition coefficient (Wildman–Crippen LogP) is 2.24. The van der Waals surface area contributed by atoms with Crippen LogP contribution in [0.2, 0.25) is 0 Å². The number of aromatic hydroxyl groups is 1. The van der Waals surface area contributed by atoms with Gasteiger partial charge in [-0.05, 0) is 30.3 Å². The van der Waals surface area contributed by atoms with E-state index in [2.05, 4.69) is 15.3 Å². The predicted molar refractivity (Wildman–Crippen MR) is 78.5 cm³/mol. The van der Waals surface area contributed by atoms with Crippen LogP contribution in [0.15, 0.2) is 47.3 Å². The van der Waals surface area contributed by atoms with Gasteiger partial charge in [-0.1, -0.05) is 12.1 Å². The summed E-state index contributed by atoms with van der Waals surface area (Å²) in [7, 11) is 0. The number of nitriles is 1. The Hall–Kier alpha value is -3.33. The molecule has 2 aromatic carbocycles. The number of anilines is 2. The van der Waals surface area contributed by atoms with Crippen molar-refractivity contribution in [1.82, 2.24) is 9.97 Å². The minimum Gasteiger partial charge on any atom is -0.506 e. The zero-order valence-corrected chi connectivity index (χ0v) is 10.8. The van der Waals surface area contributed by atoms with Gasteiger partial charge in [0, 0.05) is 0 Å². The van der Waals surface area contributed by atoms with E-state index < -0.39 is 0 Å². The Morgan fingerprint density at radius 1 is 1.24 bits per heavy atom. The fourth-order valence-electron chi connectivity index (χ4n) is 1.98. The van der Waals surface area contributed by atoms with Gasteiger partial charge in [-0.15, -0.1) is 0 Å². The molecule has 3 aromatic rings. The van der Waals surface area contributed by atoms with E-state index in [0.717, 1.165) is 0 Å². The highest BCUT2D eigenvalue weighted by Gasteiger charge is 2.06. The molecule has 0 saturated heterocycles. The van der Waals surface area contributed by atoms with Crippen LogP contribution in [0.4, 0.5) is 11.6 Å². The zero-order valence-electron chi connectivity index (χ0n) is 10.8. The molecule has 0 aliphatic heterocycles. The fraction of sp³-hybridized carbons (Fsp3) is 0. The normalized spacial score (nSPS) is 10.2. The molecular weight excluding hydrogens is 268 g/mol. The molecule has 0 fully saturated rings. The average molecular weight is 278 g/mol. The summed E-state index contributed by atoms with van der Waals surface area (Å²) in [5.74, 6) is 0.128. The third-order valence-electron chi connectivity index (χ3n) is 2.99. The van der Waals surface area contributed by atoms with Gasteiger partial charge in [0.05, 0.1) is 28.2 Å². The number of hydrogen-bond donors (Lipinski definition) is 3. The van der Waals surface area contributed by atoms with Crippen LogP contribution in [0.5, 0.6) is 5.75 Å². The van der Waals surface area contributed by atoms with E-state index in [1.54, 1.807) is 36.4 Å². The molecule has 0 aliphatic rings. The maximum atomic E-state index is 11.9. The topological polar surface area (TPSA) is 102 Å². The van der Waals surface area contributed by atoms with E-state index in [-0.39, 0.29) is 17.3 Å². The molecule has 0 spiro atoms. The molecule has 21 heavy (non-hydrogen) atoms. The van der Waals surface area contributed by atoms with Gasteiger partial charge in [0.15, 0.2) is 0 Å². The summed E-state index contributed by atoms with van der Waals surface area (Å²) in [4.78, 5) is 18.8. The van der Waals surface area contributed by atoms with Crippen molar-refractivity contribution < 1.29 is 5.11 Å². The van der Waals surface area contributed by atoms with Crippen molar-refractivity contribution in [2.75, 3.05) is 5.32 Å². The summed E-state index contributed by atoms with van der Waals surface area (Å²) in [6, 6.07) is 13.3. The van der Waals surface area contributed by atoms with E-state index in [0.29, 0.717) is 22.2 Å². The van der Waals surface area contributed by atoms with Gasteiger partial charge >= 0.3 is 0 Å². The van der Waals surface area contributed by atoms with Gasteiger partial charge in [-0.3, -0.25) is 9.78 Å². The Morgan fingerprint density at radius 2 is 2.05 bits per heavy atom. The molecule has 0 saturated carbocycles. The standard InChI is InChI=1S/C15H10N4O2/c16-8-9-5-6-12(13(20)7-9)18-15-17-11-4-2-1-3-10(11)14(21)19-15/h1-7,20H,(H2,17,18,19,21). The summed E-state index contributed by atoms with van der Waals surface area (Å²) in [5.41, 5.74) is 0.985. The van der Waals surface area contributed by atoms with Crippen molar-refractivity contribution in [1.29, 1.82) is 5.26 Å². The SMILES string of the molecule is N#Cc1ccc(Nc2nc3ccccc3c(=O)[nH]2)c(O)c1. The highest BCUT2D eigenvalue weighted by Crippen LogP contribution is 2.26. The van der Waals surface area contributed by atoms with Gasteiger partial charge in [0.25, 0.3) is 5.56 Å². The highest BCUT2D eigenvalue weighted by atomic mass is 16.3. The van der Waals surface area contributed by atoms with Crippen LogP contribution in [-0.2, 0) is 0 Å². The molecule has 1 heterocycles. The minimum absolute atomic E-state index is 0.0927. The molecule has 0 radical (unpaired) electrons. The number of hydrogen-bond acceptors (Lipinski definition) is 5. The second-order valence-corrected chi connectivity index (χ2v) is 4.40. The fourth-order valence-corrected chi connectivity index (χ4v) is 1.98. The maximum Gasteiger partial charge on any atom is 0.260 e. The van der Waals surface area contributed by atoms with E-state index in [4.69, 9.17) is 5.26 Å². The van der Waals surface area contributed by atoms with Crippen molar-refractivity contribution in [3.63, 3.8) is 0 Å². The molecule has 1 aromatic heterocycles. The van der Waals surface area contributed by atoms with Gasteiger partial charge in [-0.2, -0.15) is 5.26 Å². The lowest BCUT2D eigenvalue weighted by atomic mass is 10.2. The van der Waals surface area contributed by atoms with E-state index in [1.165, 1.54) is 6.07 Å². The number of nitrogens with one attached hydrogen (secondary N) is 2. The lowest BCUT2D eigenvalue weighted by Crippen LogP contribution is -2.11. The Kier molecular flexibility index (Phi) is 3.01. The lowest BCUT2D eigenvalue weighted by molar-refractivity contribution is 0.477. The summed E-state index contributed by atoms with van der Waals surface area (Å²) < 4.78 is 0. The molecule has 0 amide bonds. The van der Waals surface area contributed by atoms with Crippen LogP contribution < -0.4 is 10.9 Å². The number of rotatable bonds is 2. The molecular formula is C15H10N4O2. The van der Waals surface area contributed by atoms with Gasteiger partial charge in [0.1, 0.15) is 5.75 Å². The summed E-state index contributed by atoms with van der Waals surface area (Å²) in [5, 5.41) is 21.9. The quantitative estimate of drug-likeness (QED) is 0.624. The summed E-state index contributed by atoms with van der Waals surface area (Å²) >= 11 is 0. The molecule has 0 bridgehead atoms. The number of H-pyrrole nitrogens is 1. The molecule has 3 N–H and O–H groups in total. The van der Waals surface area contributed by atoms with Gasteiger partial charge in [-0.25, -0.2) is 4.98 Å². The smallest absolute Gasteiger partial charge is 0.260 e. The van der Waals surface area contributed by atoms with Crippen molar-refractivity contribution in [2.24, 2.45) is 0 Å². The first kappa shape index (κ1) is 12.7. The van der Waals surface area contributed by atoms with Crippen LogP contribution in [0.1, 0.15) is 5.56 Å². The van der Waals surface area contributed by atoms with Crippen molar-refractivity contribution in [3.05, 3.63) is 58.4 Å². The van der Waals surface area contributed by atoms with Crippen LogP contribution in [0, 0.1) is 11.3 Å². The highest BCUT2D eigenvalue weighted by molar-refractivity contribution is 5.79. The number of phenols is 1. The molecule has 0 atom stereocenters. The first-order valence-corrected chi connectivity index (χ1v) is 6.16. The zero-order chi connectivity index (χ0) is 14.8. The van der Waals surface area contributed by atoms with Crippen molar-refractivity contribution in [2.45, 2.75) is 0 Å². The molecule has 0 unspecified atom stereocenters. The Labute approximate surface area is 119 Å². The Morgan fingerprint density at radius 3 is 2.81 bits per heavy atom. The van der Waals surface area contributed by atoms with Gasteiger partial charge in [0.2, 0.25) is 5.95 Å². The maximum absolute atomic E-state index is 11.9. The average Bonchev–Trinajstić information content (AvgIpc) is 2.49. The van der Waals surface area contributed by atoms with Crippen molar-refractivity contribution in [3.8, 4) is 11.8 Å². The van der Waals surface area contributed by atoms with Crippen LogP contribution in [-0.4, -0.2) is 15.1 Å². The minimum atomic E-state index is -0.267. The Bertz CT molecular complexity index is 925.